The van der Waals surface area contributed by atoms with Crippen LogP contribution in [-0.4, -0.2) is 53.4 Å². The molecule has 2 heterocycles. The Morgan fingerprint density at radius 3 is 2.52 bits per heavy atom. The molecule has 1 saturated heterocycles. The zero-order valence-corrected chi connectivity index (χ0v) is 15.0. The highest BCUT2D eigenvalue weighted by Crippen LogP contribution is 2.31. The van der Waals surface area contributed by atoms with Gasteiger partial charge in [-0.3, -0.25) is 9.78 Å². The van der Waals surface area contributed by atoms with Gasteiger partial charge in [0.25, 0.3) is 5.91 Å². The average Bonchev–Trinajstić information content (AvgIpc) is 2.67. The molecule has 0 saturated carbocycles. The van der Waals surface area contributed by atoms with E-state index in [9.17, 15) is 18.0 Å². The summed E-state index contributed by atoms with van der Waals surface area (Å²) in [7, 11) is 0. The van der Waals surface area contributed by atoms with Gasteiger partial charge in [-0.05, 0) is 30.8 Å². The zero-order chi connectivity index (χ0) is 19.4. The van der Waals surface area contributed by atoms with Gasteiger partial charge in [-0.25, -0.2) is 0 Å². The molecular formula is C19H21F3N4O. The Morgan fingerprint density at radius 1 is 1.11 bits per heavy atom. The van der Waals surface area contributed by atoms with Crippen LogP contribution < -0.4 is 5.32 Å². The fourth-order valence-electron chi connectivity index (χ4n) is 3.01. The van der Waals surface area contributed by atoms with Crippen molar-refractivity contribution in [3.8, 4) is 0 Å². The van der Waals surface area contributed by atoms with E-state index in [2.05, 4.69) is 22.1 Å². The summed E-state index contributed by atoms with van der Waals surface area (Å²) >= 11 is 0. The third-order valence-electron chi connectivity index (χ3n) is 4.57. The highest BCUT2D eigenvalue weighted by molar-refractivity contribution is 5.95. The summed E-state index contributed by atoms with van der Waals surface area (Å²) in [5.74, 6) is -0.119. The molecule has 0 radical (unpaired) electrons. The summed E-state index contributed by atoms with van der Waals surface area (Å²) in [6, 6.07) is 6.52. The van der Waals surface area contributed by atoms with E-state index in [1.54, 1.807) is 11.0 Å². The molecule has 1 aliphatic heterocycles. The second-order valence-corrected chi connectivity index (χ2v) is 6.39. The van der Waals surface area contributed by atoms with E-state index in [1.165, 1.54) is 24.5 Å². The standard InChI is InChI=1S/C19H21F3N4O/c1-2-25-6-8-26(9-7-25)18(27)14-10-17(13-23-12-14)24-16-5-3-4-15(11-16)19(20,21)22/h3-5,10-13,24H,2,6-9H2,1H3. The molecule has 5 nitrogen and oxygen atoms in total. The lowest BCUT2D eigenvalue weighted by atomic mass is 10.1. The monoisotopic (exact) mass is 378 g/mol. The molecule has 144 valence electrons. The Bertz CT molecular complexity index is 802. The molecule has 0 spiro atoms. The van der Waals surface area contributed by atoms with Gasteiger partial charge in [0.2, 0.25) is 0 Å². The van der Waals surface area contributed by atoms with Gasteiger partial charge in [0.15, 0.2) is 0 Å². The summed E-state index contributed by atoms with van der Waals surface area (Å²) in [5.41, 5.74) is 0.429. The van der Waals surface area contributed by atoms with Crippen molar-refractivity contribution >= 4 is 17.3 Å². The van der Waals surface area contributed by atoms with Crippen LogP contribution in [0.15, 0.2) is 42.7 Å². The second kappa shape index (κ2) is 7.96. The van der Waals surface area contributed by atoms with Crippen LogP contribution in [0.3, 0.4) is 0 Å². The molecule has 2 aromatic rings. The quantitative estimate of drug-likeness (QED) is 0.883. The summed E-state index contributed by atoms with van der Waals surface area (Å²) in [5, 5.41) is 2.89. The van der Waals surface area contributed by atoms with Gasteiger partial charge in [-0.15, -0.1) is 0 Å². The van der Waals surface area contributed by atoms with E-state index in [4.69, 9.17) is 0 Å². The maximum atomic E-state index is 12.8. The van der Waals surface area contributed by atoms with Crippen molar-refractivity contribution in [2.24, 2.45) is 0 Å². The molecular weight excluding hydrogens is 357 g/mol. The number of likely N-dealkylation sites (N-methyl/N-ethyl adjacent to an activating group) is 1. The summed E-state index contributed by atoms with van der Waals surface area (Å²) in [6.45, 7) is 6.01. The third-order valence-corrected chi connectivity index (χ3v) is 4.57. The molecule has 1 N–H and O–H groups in total. The minimum Gasteiger partial charge on any atom is -0.354 e. The van der Waals surface area contributed by atoms with Gasteiger partial charge in [0.1, 0.15) is 0 Å². The number of halogens is 3. The Hall–Kier alpha value is -2.61. The van der Waals surface area contributed by atoms with E-state index < -0.39 is 11.7 Å². The van der Waals surface area contributed by atoms with Crippen LogP contribution in [0, 0.1) is 0 Å². The van der Waals surface area contributed by atoms with Crippen LogP contribution in [-0.2, 0) is 6.18 Å². The molecule has 0 bridgehead atoms. The maximum absolute atomic E-state index is 12.8. The third kappa shape index (κ3) is 4.77. The molecule has 1 aromatic carbocycles. The minimum atomic E-state index is -4.41. The van der Waals surface area contributed by atoms with Crippen molar-refractivity contribution in [1.82, 2.24) is 14.8 Å². The van der Waals surface area contributed by atoms with Gasteiger partial charge >= 0.3 is 6.18 Å². The smallest absolute Gasteiger partial charge is 0.354 e. The molecule has 1 aromatic heterocycles. The number of amides is 1. The van der Waals surface area contributed by atoms with Crippen LogP contribution in [0.2, 0.25) is 0 Å². The topological polar surface area (TPSA) is 48.5 Å². The van der Waals surface area contributed by atoms with Crippen molar-refractivity contribution in [3.05, 3.63) is 53.9 Å². The number of anilines is 2. The van der Waals surface area contributed by atoms with Gasteiger partial charge in [0, 0.05) is 38.1 Å². The molecule has 27 heavy (non-hydrogen) atoms. The number of rotatable bonds is 4. The molecule has 8 heteroatoms. The number of piperazine rings is 1. The first-order valence-electron chi connectivity index (χ1n) is 8.78. The normalized spacial score (nSPS) is 15.6. The van der Waals surface area contributed by atoms with Crippen LogP contribution in [0.1, 0.15) is 22.8 Å². The molecule has 1 fully saturated rings. The number of nitrogens with one attached hydrogen (secondary N) is 1. The fourth-order valence-corrected chi connectivity index (χ4v) is 3.01. The lowest BCUT2D eigenvalue weighted by molar-refractivity contribution is -0.137. The highest BCUT2D eigenvalue weighted by Gasteiger charge is 2.30. The van der Waals surface area contributed by atoms with E-state index in [-0.39, 0.29) is 11.6 Å². The number of hydrogen-bond acceptors (Lipinski definition) is 4. The van der Waals surface area contributed by atoms with Crippen LogP contribution in [0.25, 0.3) is 0 Å². The van der Waals surface area contributed by atoms with Crippen LogP contribution >= 0.6 is 0 Å². The summed E-state index contributed by atoms with van der Waals surface area (Å²) < 4.78 is 38.5. The summed E-state index contributed by atoms with van der Waals surface area (Å²) in [6.07, 6.45) is -1.45. The number of aromatic nitrogens is 1. The predicted molar refractivity (Wildman–Crippen MR) is 97.0 cm³/mol. The summed E-state index contributed by atoms with van der Waals surface area (Å²) in [4.78, 5) is 20.8. The first-order chi connectivity index (χ1) is 12.9. The predicted octanol–water partition coefficient (Wildman–Crippen LogP) is 3.62. The molecule has 3 rings (SSSR count). The fraction of sp³-hybridized carbons (Fsp3) is 0.368. The molecule has 1 amide bonds. The van der Waals surface area contributed by atoms with Crippen molar-refractivity contribution in [2.75, 3.05) is 38.0 Å². The first-order valence-corrected chi connectivity index (χ1v) is 8.78. The Balaban J connectivity index is 1.72. The maximum Gasteiger partial charge on any atom is 0.416 e. The molecule has 0 aliphatic carbocycles. The van der Waals surface area contributed by atoms with E-state index in [0.29, 0.717) is 24.3 Å². The van der Waals surface area contributed by atoms with Crippen molar-refractivity contribution in [3.63, 3.8) is 0 Å². The number of carbonyl (C=O) groups is 1. The number of alkyl halides is 3. The molecule has 0 atom stereocenters. The van der Waals surface area contributed by atoms with Crippen LogP contribution in [0.5, 0.6) is 0 Å². The number of hydrogen-bond donors (Lipinski definition) is 1. The minimum absolute atomic E-state index is 0.119. The zero-order valence-electron chi connectivity index (χ0n) is 15.0. The van der Waals surface area contributed by atoms with Crippen molar-refractivity contribution in [2.45, 2.75) is 13.1 Å². The Labute approximate surface area is 155 Å². The van der Waals surface area contributed by atoms with Crippen molar-refractivity contribution < 1.29 is 18.0 Å². The van der Waals surface area contributed by atoms with Gasteiger partial charge in [0.05, 0.1) is 23.0 Å². The van der Waals surface area contributed by atoms with E-state index in [1.807, 2.05) is 0 Å². The van der Waals surface area contributed by atoms with Gasteiger partial charge < -0.3 is 15.1 Å². The van der Waals surface area contributed by atoms with Crippen LogP contribution in [0.4, 0.5) is 24.5 Å². The lowest BCUT2D eigenvalue weighted by Crippen LogP contribution is -2.48. The Morgan fingerprint density at radius 2 is 1.85 bits per heavy atom. The number of nitrogens with zero attached hydrogens (tertiary/aromatic N) is 3. The molecule has 0 unspecified atom stereocenters. The SMILES string of the molecule is CCN1CCN(C(=O)c2cncc(Nc3cccc(C(F)(F)F)c3)c2)CC1. The highest BCUT2D eigenvalue weighted by atomic mass is 19.4. The van der Waals surface area contributed by atoms with Gasteiger partial charge in [-0.2, -0.15) is 13.2 Å². The largest absolute Gasteiger partial charge is 0.416 e. The van der Waals surface area contributed by atoms with Crippen molar-refractivity contribution in [1.29, 1.82) is 0 Å². The second-order valence-electron chi connectivity index (χ2n) is 6.39. The number of carbonyl (C=O) groups excluding carboxylic acids is 1. The Kier molecular flexibility index (Phi) is 5.65. The average molecular weight is 378 g/mol. The molecule has 1 aliphatic rings. The van der Waals surface area contributed by atoms with E-state index >= 15 is 0 Å². The first kappa shape index (κ1) is 19.2. The van der Waals surface area contributed by atoms with E-state index in [0.717, 1.165) is 31.8 Å². The lowest BCUT2D eigenvalue weighted by Gasteiger charge is -2.34. The number of pyridine rings is 1. The number of benzene rings is 1. The van der Waals surface area contributed by atoms with Gasteiger partial charge in [-0.1, -0.05) is 13.0 Å².